The summed E-state index contributed by atoms with van der Waals surface area (Å²) in [5.74, 6) is -0.808. The Kier molecular flexibility index (Phi) is 3.01. The van der Waals surface area contributed by atoms with Crippen molar-refractivity contribution < 1.29 is 9.90 Å². The van der Waals surface area contributed by atoms with Crippen LogP contribution in [0.4, 0.5) is 0 Å². The van der Waals surface area contributed by atoms with E-state index in [-0.39, 0.29) is 17.2 Å². The second-order valence-corrected chi connectivity index (χ2v) is 5.42. The molecule has 0 aliphatic rings. The van der Waals surface area contributed by atoms with Crippen molar-refractivity contribution in [3.8, 4) is 0 Å². The molecule has 3 rings (SSSR count). The molecule has 0 radical (unpaired) electrons. The molecule has 0 fully saturated rings. The van der Waals surface area contributed by atoms with E-state index in [2.05, 4.69) is 4.98 Å². The van der Waals surface area contributed by atoms with E-state index in [4.69, 9.17) is 0 Å². The number of carbonyl (C=O) groups is 1. The molecule has 0 aromatic carbocycles. The number of aromatic nitrogens is 3. The average molecular weight is 285 g/mol. The molecule has 0 aliphatic heterocycles. The summed E-state index contributed by atoms with van der Waals surface area (Å²) >= 11 is 0. The molecule has 0 aliphatic carbocycles. The summed E-state index contributed by atoms with van der Waals surface area (Å²) < 4.78 is 3.03. The standard InChI is InChI=1S/C15H15N3O3/c1-9(2)8-18-11(15(20)21)7-10-13(18)16-12-5-3-4-6-17(12)14(10)19/h3-7,9H,8H2,1-2H3,(H,20,21). The normalized spacial score (nSPS) is 11.6. The van der Waals surface area contributed by atoms with E-state index in [0.29, 0.717) is 23.2 Å². The van der Waals surface area contributed by atoms with Crippen molar-refractivity contribution in [2.24, 2.45) is 5.92 Å². The smallest absolute Gasteiger partial charge is 0.352 e. The fraction of sp³-hybridized carbons (Fsp3) is 0.267. The second-order valence-electron chi connectivity index (χ2n) is 5.42. The van der Waals surface area contributed by atoms with Gasteiger partial charge in [0, 0.05) is 12.7 Å². The minimum Gasteiger partial charge on any atom is -0.477 e. The van der Waals surface area contributed by atoms with Gasteiger partial charge in [0.1, 0.15) is 17.0 Å². The van der Waals surface area contributed by atoms with Gasteiger partial charge >= 0.3 is 5.97 Å². The van der Waals surface area contributed by atoms with Crippen LogP contribution in [-0.4, -0.2) is 25.0 Å². The van der Waals surface area contributed by atoms with Gasteiger partial charge in [-0.1, -0.05) is 19.9 Å². The highest BCUT2D eigenvalue weighted by molar-refractivity contribution is 5.93. The number of fused-ring (bicyclic) bond motifs is 2. The fourth-order valence-corrected chi connectivity index (χ4v) is 2.48. The molecule has 0 atom stereocenters. The summed E-state index contributed by atoms with van der Waals surface area (Å²) in [5.41, 5.74) is 0.784. The van der Waals surface area contributed by atoms with Crippen molar-refractivity contribution in [3.05, 3.63) is 46.5 Å². The molecule has 0 spiro atoms. The quantitative estimate of drug-likeness (QED) is 0.798. The van der Waals surface area contributed by atoms with Crippen LogP contribution in [0.1, 0.15) is 24.3 Å². The summed E-state index contributed by atoms with van der Waals surface area (Å²) in [7, 11) is 0. The average Bonchev–Trinajstić information content (AvgIpc) is 2.78. The molecular formula is C15H15N3O3. The lowest BCUT2D eigenvalue weighted by atomic mass is 10.2. The molecule has 6 nitrogen and oxygen atoms in total. The zero-order chi connectivity index (χ0) is 15.1. The lowest BCUT2D eigenvalue weighted by Gasteiger charge is -2.10. The van der Waals surface area contributed by atoms with Crippen molar-refractivity contribution in [2.75, 3.05) is 0 Å². The van der Waals surface area contributed by atoms with E-state index < -0.39 is 5.97 Å². The molecule has 3 aromatic rings. The first-order valence-corrected chi connectivity index (χ1v) is 6.73. The molecule has 21 heavy (non-hydrogen) atoms. The van der Waals surface area contributed by atoms with Gasteiger partial charge < -0.3 is 9.67 Å². The van der Waals surface area contributed by atoms with E-state index >= 15 is 0 Å². The van der Waals surface area contributed by atoms with E-state index in [1.54, 1.807) is 29.0 Å². The number of carboxylic acids is 1. The van der Waals surface area contributed by atoms with Gasteiger partial charge in [0.25, 0.3) is 5.56 Å². The third-order valence-corrected chi connectivity index (χ3v) is 3.34. The first-order chi connectivity index (χ1) is 9.99. The van der Waals surface area contributed by atoms with Gasteiger partial charge in [0.05, 0.1) is 5.39 Å². The van der Waals surface area contributed by atoms with Gasteiger partial charge in [0.2, 0.25) is 0 Å². The molecule has 0 saturated heterocycles. The van der Waals surface area contributed by atoms with E-state index in [9.17, 15) is 14.7 Å². The van der Waals surface area contributed by atoms with Crippen LogP contribution >= 0.6 is 0 Å². The molecule has 3 aromatic heterocycles. The fourth-order valence-electron chi connectivity index (χ4n) is 2.48. The number of rotatable bonds is 3. The number of pyridine rings is 1. The van der Waals surface area contributed by atoms with Crippen LogP contribution in [0.25, 0.3) is 16.7 Å². The lowest BCUT2D eigenvalue weighted by Crippen LogP contribution is -2.16. The number of aromatic carboxylic acids is 1. The highest BCUT2D eigenvalue weighted by Crippen LogP contribution is 2.18. The summed E-state index contributed by atoms with van der Waals surface area (Å²) in [4.78, 5) is 28.4. The Morgan fingerprint density at radius 1 is 1.38 bits per heavy atom. The van der Waals surface area contributed by atoms with E-state index in [1.165, 1.54) is 10.5 Å². The molecule has 3 heterocycles. The van der Waals surface area contributed by atoms with Crippen molar-refractivity contribution in [2.45, 2.75) is 20.4 Å². The van der Waals surface area contributed by atoms with Gasteiger partial charge in [-0.2, -0.15) is 0 Å². The molecule has 0 unspecified atom stereocenters. The largest absolute Gasteiger partial charge is 0.477 e. The Labute approximate surface area is 120 Å². The summed E-state index contributed by atoms with van der Waals surface area (Å²) in [5, 5.41) is 9.68. The highest BCUT2D eigenvalue weighted by atomic mass is 16.4. The van der Waals surface area contributed by atoms with Gasteiger partial charge in [-0.05, 0) is 24.1 Å². The monoisotopic (exact) mass is 285 g/mol. The van der Waals surface area contributed by atoms with Crippen LogP contribution in [-0.2, 0) is 6.54 Å². The minimum atomic E-state index is -1.05. The maximum Gasteiger partial charge on any atom is 0.352 e. The second kappa shape index (κ2) is 4.73. The Morgan fingerprint density at radius 3 is 2.81 bits per heavy atom. The third-order valence-electron chi connectivity index (χ3n) is 3.34. The van der Waals surface area contributed by atoms with Crippen LogP contribution in [0.3, 0.4) is 0 Å². The summed E-state index contributed by atoms with van der Waals surface area (Å²) in [6, 6.07) is 6.68. The first-order valence-electron chi connectivity index (χ1n) is 6.73. The lowest BCUT2D eigenvalue weighted by molar-refractivity contribution is 0.0685. The van der Waals surface area contributed by atoms with Gasteiger partial charge in [-0.25, -0.2) is 9.78 Å². The number of carboxylic acid groups (broad SMARTS) is 1. The zero-order valence-corrected chi connectivity index (χ0v) is 11.8. The van der Waals surface area contributed by atoms with Crippen LogP contribution in [0.5, 0.6) is 0 Å². The Bertz CT molecular complexity index is 906. The molecule has 1 N–H and O–H groups in total. The summed E-state index contributed by atoms with van der Waals surface area (Å²) in [6.07, 6.45) is 1.63. The SMILES string of the molecule is CC(C)Cn1c(C(=O)O)cc2c(=O)n3ccccc3nc21. The van der Waals surface area contributed by atoms with Crippen molar-refractivity contribution in [3.63, 3.8) is 0 Å². The Hall–Kier alpha value is -2.63. The molecular weight excluding hydrogens is 270 g/mol. The molecule has 108 valence electrons. The van der Waals surface area contributed by atoms with Gasteiger partial charge in [-0.3, -0.25) is 9.20 Å². The van der Waals surface area contributed by atoms with Gasteiger partial charge in [-0.15, -0.1) is 0 Å². The predicted octanol–water partition coefficient (Wildman–Crippen LogP) is 2.00. The zero-order valence-electron chi connectivity index (χ0n) is 11.8. The highest BCUT2D eigenvalue weighted by Gasteiger charge is 2.19. The van der Waals surface area contributed by atoms with Crippen molar-refractivity contribution in [1.82, 2.24) is 14.0 Å². The molecule has 0 bridgehead atoms. The summed E-state index contributed by atoms with van der Waals surface area (Å²) in [6.45, 7) is 4.48. The maximum absolute atomic E-state index is 12.5. The van der Waals surface area contributed by atoms with Crippen molar-refractivity contribution >= 4 is 22.6 Å². The maximum atomic E-state index is 12.5. The van der Waals surface area contributed by atoms with E-state index in [0.717, 1.165) is 0 Å². The Morgan fingerprint density at radius 2 is 2.14 bits per heavy atom. The molecule has 0 saturated carbocycles. The third kappa shape index (κ3) is 2.08. The number of hydrogen-bond donors (Lipinski definition) is 1. The molecule has 6 heteroatoms. The minimum absolute atomic E-state index is 0.0965. The Balaban J connectivity index is 2.45. The molecule has 0 amide bonds. The van der Waals surface area contributed by atoms with Crippen LogP contribution in [0, 0.1) is 5.92 Å². The van der Waals surface area contributed by atoms with Crippen LogP contribution in [0.15, 0.2) is 35.3 Å². The van der Waals surface area contributed by atoms with Crippen molar-refractivity contribution in [1.29, 1.82) is 0 Å². The number of nitrogens with zero attached hydrogens (tertiary/aromatic N) is 3. The van der Waals surface area contributed by atoms with Crippen LogP contribution < -0.4 is 5.56 Å². The van der Waals surface area contributed by atoms with Gasteiger partial charge in [0.15, 0.2) is 0 Å². The first kappa shape index (κ1) is 13.4. The number of hydrogen-bond acceptors (Lipinski definition) is 3. The van der Waals surface area contributed by atoms with E-state index in [1.807, 2.05) is 13.8 Å². The predicted molar refractivity (Wildman–Crippen MR) is 78.8 cm³/mol. The topological polar surface area (TPSA) is 76.6 Å². The van der Waals surface area contributed by atoms with Crippen LogP contribution in [0.2, 0.25) is 0 Å².